The molecule has 1 aromatic rings. The van der Waals surface area contributed by atoms with Crippen molar-refractivity contribution < 1.29 is 28.7 Å². The molecule has 0 saturated heterocycles. The van der Waals surface area contributed by atoms with Crippen molar-refractivity contribution in [3.63, 3.8) is 0 Å². The van der Waals surface area contributed by atoms with Crippen molar-refractivity contribution in [2.75, 3.05) is 27.4 Å². The smallest absolute Gasteiger partial charge is 0.336 e. The van der Waals surface area contributed by atoms with Gasteiger partial charge in [-0.05, 0) is 19.4 Å². The molecule has 0 saturated carbocycles. The van der Waals surface area contributed by atoms with Gasteiger partial charge in [0.05, 0.1) is 35.7 Å². The van der Waals surface area contributed by atoms with Crippen LogP contribution in [0.25, 0.3) is 0 Å². The van der Waals surface area contributed by atoms with E-state index in [4.69, 9.17) is 14.2 Å². The maximum absolute atomic E-state index is 12.8. The largest absolute Gasteiger partial charge is 0.466 e. The lowest BCUT2D eigenvalue weighted by molar-refractivity contribution is -0.384. The Morgan fingerprint density at radius 2 is 1.75 bits per heavy atom. The number of dihydropyridines is 1. The molecule has 0 bridgehead atoms. The molecule has 9 heteroatoms. The summed E-state index contributed by atoms with van der Waals surface area (Å²) in [5.41, 5.74) is 1.62. The second-order valence-corrected chi connectivity index (χ2v) is 6.11. The summed E-state index contributed by atoms with van der Waals surface area (Å²) in [6.07, 6.45) is 0. The molecule has 28 heavy (non-hydrogen) atoms. The van der Waals surface area contributed by atoms with E-state index in [0.29, 0.717) is 17.0 Å². The Labute approximate surface area is 162 Å². The van der Waals surface area contributed by atoms with Crippen LogP contribution in [0.5, 0.6) is 0 Å². The van der Waals surface area contributed by atoms with Crippen LogP contribution < -0.4 is 5.32 Å². The van der Waals surface area contributed by atoms with Gasteiger partial charge in [0.2, 0.25) is 0 Å². The van der Waals surface area contributed by atoms with Gasteiger partial charge in [-0.25, -0.2) is 9.59 Å². The standard InChI is InChI=1S/C19H22N2O7/c1-11-15(18(22)27-4)17(13-6-5-7-14(10-13)21(24)25)16(12(2)20-11)19(23)28-9-8-26-3/h5-7,10,17,20H,8-9H2,1-4H3. The number of methoxy groups -OCH3 is 2. The number of nitro groups is 1. The molecule has 1 atom stereocenters. The fourth-order valence-corrected chi connectivity index (χ4v) is 3.09. The molecule has 1 heterocycles. The average Bonchev–Trinajstić information content (AvgIpc) is 2.67. The predicted molar refractivity (Wildman–Crippen MR) is 99.2 cm³/mol. The van der Waals surface area contributed by atoms with Crippen LogP contribution in [-0.4, -0.2) is 44.3 Å². The van der Waals surface area contributed by atoms with Gasteiger partial charge in [-0.2, -0.15) is 0 Å². The molecule has 1 aromatic carbocycles. The van der Waals surface area contributed by atoms with Crippen LogP contribution in [0.4, 0.5) is 5.69 Å². The Hall–Kier alpha value is -3.20. The van der Waals surface area contributed by atoms with Gasteiger partial charge in [0, 0.05) is 30.6 Å². The fraction of sp³-hybridized carbons (Fsp3) is 0.368. The number of hydrogen-bond acceptors (Lipinski definition) is 8. The van der Waals surface area contributed by atoms with E-state index < -0.39 is 22.8 Å². The Morgan fingerprint density at radius 1 is 1.11 bits per heavy atom. The first-order valence-corrected chi connectivity index (χ1v) is 8.49. The van der Waals surface area contributed by atoms with Gasteiger partial charge in [0.25, 0.3) is 5.69 Å². The van der Waals surface area contributed by atoms with E-state index in [1.54, 1.807) is 19.9 Å². The predicted octanol–water partition coefficient (Wildman–Crippen LogP) is 2.19. The number of non-ortho nitro benzene ring substituents is 1. The summed E-state index contributed by atoms with van der Waals surface area (Å²) in [6, 6.07) is 5.80. The molecule has 1 unspecified atom stereocenters. The normalized spacial score (nSPS) is 16.5. The maximum Gasteiger partial charge on any atom is 0.336 e. The van der Waals surface area contributed by atoms with Crippen molar-refractivity contribution >= 4 is 17.6 Å². The minimum Gasteiger partial charge on any atom is -0.466 e. The average molecular weight is 390 g/mol. The second-order valence-electron chi connectivity index (χ2n) is 6.11. The molecule has 0 aromatic heterocycles. The van der Waals surface area contributed by atoms with E-state index in [2.05, 4.69) is 5.32 Å². The van der Waals surface area contributed by atoms with Gasteiger partial charge >= 0.3 is 11.9 Å². The topological polar surface area (TPSA) is 117 Å². The van der Waals surface area contributed by atoms with Crippen LogP contribution in [0.3, 0.4) is 0 Å². The third-order valence-corrected chi connectivity index (χ3v) is 4.32. The summed E-state index contributed by atoms with van der Waals surface area (Å²) in [4.78, 5) is 35.9. The van der Waals surface area contributed by atoms with E-state index in [0.717, 1.165) is 0 Å². The first kappa shape index (κ1) is 21.1. The highest BCUT2D eigenvalue weighted by Crippen LogP contribution is 2.40. The summed E-state index contributed by atoms with van der Waals surface area (Å²) < 4.78 is 15.0. The molecule has 2 rings (SSSR count). The van der Waals surface area contributed by atoms with Crippen LogP contribution in [0, 0.1) is 10.1 Å². The number of hydrogen-bond donors (Lipinski definition) is 1. The second kappa shape index (κ2) is 9.14. The molecule has 1 aliphatic heterocycles. The lowest BCUT2D eigenvalue weighted by Crippen LogP contribution is -2.32. The summed E-state index contributed by atoms with van der Waals surface area (Å²) in [6.45, 7) is 3.59. The number of nitrogens with zero attached hydrogens (tertiary/aromatic N) is 1. The SMILES string of the molecule is COCCOC(=O)C1=C(C)NC(C)=C(C(=O)OC)C1c1cccc([N+](=O)[O-])c1. The Bertz CT molecular complexity index is 858. The number of esters is 2. The van der Waals surface area contributed by atoms with Crippen LogP contribution in [0.15, 0.2) is 46.8 Å². The highest BCUT2D eigenvalue weighted by Gasteiger charge is 2.38. The molecular weight excluding hydrogens is 368 g/mol. The summed E-state index contributed by atoms with van der Waals surface area (Å²) in [5.74, 6) is -2.16. The van der Waals surface area contributed by atoms with Gasteiger partial charge in [-0.15, -0.1) is 0 Å². The van der Waals surface area contributed by atoms with Crippen LogP contribution in [-0.2, 0) is 23.8 Å². The number of ether oxygens (including phenoxy) is 3. The van der Waals surface area contributed by atoms with Crippen LogP contribution in [0.2, 0.25) is 0 Å². The monoisotopic (exact) mass is 390 g/mol. The Balaban J connectivity index is 2.60. The van der Waals surface area contributed by atoms with Crippen molar-refractivity contribution in [3.8, 4) is 0 Å². The molecule has 1 aliphatic rings. The molecule has 1 N–H and O–H groups in total. The molecule has 0 aliphatic carbocycles. The molecule has 0 spiro atoms. The lowest BCUT2D eigenvalue weighted by atomic mass is 9.80. The number of nitro benzene ring substituents is 1. The Morgan fingerprint density at radius 3 is 2.32 bits per heavy atom. The molecule has 0 fully saturated rings. The van der Waals surface area contributed by atoms with Gasteiger partial charge in [0.1, 0.15) is 6.61 Å². The first-order valence-electron chi connectivity index (χ1n) is 8.49. The van der Waals surface area contributed by atoms with E-state index in [1.165, 1.54) is 32.4 Å². The zero-order valence-electron chi connectivity index (χ0n) is 16.1. The lowest BCUT2D eigenvalue weighted by Gasteiger charge is -2.30. The number of rotatable bonds is 7. The molecule has 150 valence electrons. The third kappa shape index (κ3) is 4.37. The number of nitrogens with one attached hydrogen (secondary N) is 1. The van der Waals surface area contributed by atoms with Crippen molar-refractivity contribution in [2.24, 2.45) is 0 Å². The third-order valence-electron chi connectivity index (χ3n) is 4.32. The van der Waals surface area contributed by atoms with E-state index in [9.17, 15) is 19.7 Å². The van der Waals surface area contributed by atoms with Crippen molar-refractivity contribution in [1.29, 1.82) is 0 Å². The van der Waals surface area contributed by atoms with Gasteiger partial charge < -0.3 is 19.5 Å². The van der Waals surface area contributed by atoms with Crippen molar-refractivity contribution in [3.05, 3.63) is 62.5 Å². The van der Waals surface area contributed by atoms with Gasteiger partial charge in [0.15, 0.2) is 0 Å². The zero-order valence-corrected chi connectivity index (χ0v) is 16.1. The number of allylic oxidation sites excluding steroid dienone is 2. The van der Waals surface area contributed by atoms with Crippen LogP contribution >= 0.6 is 0 Å². The summed E-state index contributed by atoms with van der Waals surface area (Å²) >= 11 is 0. The summed E-state index contributed by atoms with van der Waals surface area (Å²) in [7, 11) is 2.71. The van der Waals surface area contributed by atoms with Crippen molar-refractivity contribution in [2.45, 2.75) is 19.8 Å². The van der Waals surface area contributed by atoms with E-state index in [-0.39, 0.29) is 30.0 Å². The quantitative estimate of drug-likeness (QED) is 0.326. The minimum atomic E-state index is -0.872. The van der Waals surface area contributed by atoms with Crippen molar-refractivity contribution in [1.82, 2.24) is 5.32 Å². The van der Waals surface area contributed by atoms with Gasteiger partial charge in [-0.3, -0.25) is 10.1 Å². The van der Waals surface area contributed by atoms with Crippen LogP contribution in [0.1, 0.15) is 25.3 Å². The summed E-state index contributed by atoms with van der Waals surface area (Å²) in [5, 5.41) is 14.2. The van der Waals surface area contributed by atoms with E-state index in [1.807, 2.05) is 0 Å². The number of carbonyl (C=O) groups excluding carboxylic acids is 2. The minimum absolute atomic E-state index is 0.0318. The molecular formula is C19H22N2O7. The van der Waals surface area contributed by atoms with Gasteiger partial charge in [-0.1, -0.05) is 12.1 Å². The molecule has 0 amide bonds. The molecule has 0 radical (unpaired) electrons. The maximum atomic E-state index is 12.8. The molecule has 9 nitrogen and oxygen atoms in total. The van der Waals surface area contributed by atoms with E-state index >= 15 is 0 Å². The highest BCUT2D eigenvalue weighted by atomic mass is 16.6. The highest BCUT2D eigenvalue weighted by molar-refractivity contribution is 5.99. The first-order chi connectivity index (χ1) is 13.3. The zero-order chi connectivity index (χ0) is 20.8. The number of carbonyl (C=O) groups is 2. The number of benzene rings is 1. The fourth-order valence-electron chi connectivity index (χ4n) is 3.09. The Kier molecular flexibility index (Phi) is 6.89.